The molecule has 0 rings (SSSR count). The largest absolute Gasteiger partial charge is 0.175 e. The van der Waals surface area contributed by atoms with Crippen LogP contribution in [0.4, 0.5) is 0 Å². The minimum absolute atomic E-state index is 0.778. The number of hydrogen-bond acceptors (Lipinski definition) is 1. The Morgan fingerprint density at radius 2 is 1.69 bits per heavy atom. The minimum Gasteiger partial charge on any atom is -0.175 e. The fourth-order valence-corrected chi connectivity index (χ4v) is 0.423. The molecule has 78 valence electrons. The van der Waals surface area contributed by atoms with Gasteiger partial charge in [-0.25, -0.2) is 0 Å². The first-order valence-corrected chi connectivity index (χ1v) is 5.38. The molecule has 13 heavy (non-hydrogen) atoms. The lowest BCUT2D eigenvalue weighted by atomic mass is 10.2. The zero-order valence-corrected chi connectivity index (χ0v) is 10.2. The average molecular weight is 200 g/mol. The molecule has 0 atom stereocenters. The van der Waals surface area contributed by atoms with Crippen LogP contribution in [0.1, 0.15) is 33.6 Å². The van der Waals surface area contributed by atoms with Crippen LogP contribution >= 0.6 is 12.6 Å². The summed E-state index contributed by atoms with van der Waals surface area (Å²) >= 11 is 3.80. The molecule has 0 aromatic carbocycles. The van der Waals surface area contributed by atoms with E-state index in [0.29, 0.717) is 0 Å². The normalized spacial score (nSPS) is 6.77. The number of allylic oxidation sites excluding steroid dienone is 2. The Morgan fingerprint density at radius 1 is 1.31 bits per heavy atom. The van der Waals surface area contributed by atoms with Gasteiger partial charge in [-0.3, -0.25) is 0 Å². The third-order valence-corrected chi connectivity index (χ3v) is 1.25. The van der Waals surface area contributed by atoms with Crippen LogP contribution in [-0.4, -0.2) is 5.75 Å². The molecule has 0 aliphatic rings. The summed E-state index contributed by atoms with van der Waals surface area (Å²) in [6, 6.07) is 0. The van der Waals surface area contributed by atoms with Gasteiger partial charge in [0, 0.05) is 5.75 Å². The van der Waals surface area contributed by atoms with Gasteiger partial charge in [-0.15, -0.1) is 6.58 Å². The Morgan fingerprint density at radius 3 is 1.77 bits per heavy atom. The molecule has 0 amide bonds. The van der Waals surface area contributed by atoms with Crippen molar-refractivity contribution >= 4 is 12.6 Å². The summed E-state index contributed by atoms with van der Waals surface area (Å²) in [7, 11) is 0. The second-order valence-electron chi connectivity index (χ2n) is 2.08. The van der Waals surface area contributed by atoms with Gasteiger partial charge in [0.1, 0.15) is 0 Å². The van der Waals surface area contributed by atoms with Crippen LogP contribution in [0.25, 0.3) is 0 Å². The molecule has 0 aromatic rings. The van der Waals surface area contributed by atoms with Gasteiger partial charge in [-0.1, -0.05) is 58.1 Å². The van der Waals surface area contributed by atoms with Crippen molar-refractivity contribution in [2.24, 2.45) is 0 Å². The van der Waals surface area contributed by atoms with E-state index < -0.39 is 0 Å². The fourth-order valence-electron chi connectivity index (χ4n) is 0.423. The summed E-state index contributed by atoms with van der Waals surface area (Å²) in [5, 5.41) is 0. The molecule has 0 aliphatic carbocycles. The van der Waals surface area contributed by atoms with E-state index in [2.05, 4.69) is 39.3 Å². The van der Waals surface area contributed by atoms with E-state index in [9.17, 15) is 0 Å². The first-order valence-electron chi connectivity index (χ1n) is 4.74. The topological polar surface area (TPSA) is 0 Å². The van der Waals surface area contributed by atoms with Gasteiger partial charge < -0.3 is 0 Å². The smallest absolute Gasteiger partial charge is 0.00799 e. The van der Waals surface area contributed by atoms with Crippen molar-refractivity contribution in [3.8, 4) is 0 Å². The molecule has 0 saturated carbocycles. The van der Waals surface area contributed by atoms with E-state index in [-0.39, 0.29) is 0 Å². The first-order chi connectivity index (χ1) is 6.22. The van der Waals surface area contributed by atoms with Gasteiger partial charge in [0.15, 0.2) is 0 Å². The van der Waals surface area contributed by atoms with E-state index in [1.54, 1.807) is 6.08 Å². The maximum atomic E-state index is 3.80. The van der Waals surface area contributed by atoms with Crippen molar-refractivity contribution in [1.82, 2.24) is 0 Å². The Kier molecular flexibility index (Phi) is 31.9. The summed E-state index contributed by atoms with van der Waals surface area (Å²) in [6.45, 7) is 16.9. The number of thiol groups is 1. The highest BCUT2D eigenvalue weighted by atomic mass is 32.1. The molecular weight excluding hydrogens is 176 g/mol. The molecular formula is C12H24S. The van der Waals surface area contributed by atoms with Gasteiger partial charge in [0.2, 0.25) is 0 Å². The second kappa shape index (κ2) is 22.6. The van der Waals surface area contributed by atoms with Crippen molar-refractivity contribution in [3.63, 3.8) is 0 Å². The van der Waals surface area contributed by atoms with E-state index in [0.717, 1.165) is 17.7 Å². The predicted molar refractivity (Wildman–Crippen MR) is 69.6 cm³/mol. The maximum Gasteiger partial charge on any atom is 0.00799 e. The molecule has 0 saturated heterocycles. The van der Waals surface area contributed by atoms with Gasteiger partial charge in [-0.05, 0) is 6.42 Å². The van der Waals surface area contributed by atoms with Gasteiger partial charge >= 0.3 is 0 Å². The SMILES string of the molecule is C=CC(=C)CCC.C=CCS.CC. The molecule has 1 heteroatoms. The summed E-state index contributed by atoms with van der Waals surface area (Å²) < 4.78 is 0. The zero-order valence-electron chi connectivity index (χ0n) is 9.34. The standard InChI is InChI=1S/C7H12.C3H6S.C2H6/c1-4-6-7(3)5-2;1-2-3-4;1-2/h5H,2-4,6H2,1H3;2,4H,1,3H2;1-2H3. The van der Waals surface area contributed by atoms with Crippen LogP contribution in [-0.2, 0) is 0 Å². The van der Waals surface area contributed by atoms with Crippen LogP contribution in [0.5, 0.6) is 0 Å². The van der Waals surface area contributed by atoms with Gasteiger partial charge in [0.05, 0.1) is 0 Å². The summed E-state index contributed by atoms with van der Waals surface area (Å²) in [6.07, 6.45) is 5.81. The quantitative estimate of drug-likeness (QED) is 0.381. The lowest BCUT2D eigenvalue weighted by molar-refractivity contribution is 0.930. The second-order valence-corrected chi connectivity index (χ2v) is 2.45. The molecule has 0 aromatic heterocycles. The monoisotopic (exact) mass is 200 g/mol. The summed E-state index contributed by atoms with van der Waals surface area (Å²) in [5.74, 6) is 0.778. The molecule has 0 fully saturated rings. The highest BCUT2D eigenvalue weighted by Crippen LogP contribution is 1.99. The van der Waals surface area contributed by atoms with Crippen molar-refractivity contribution in [2.75, 3.05) is 5.75 Å². The van der Waals surface area contributed by atoms with Crippen LogP contribution < -0.4 is 0 Å². The Hall–Kier alpha value is -0.430. The van der Waals surface area contributed by atoms with Crippen molar-refractivity contribution < 1.29 is 0 Å². The molecule has 0 unspecified atom stereocenters. The van der Waals surface area contributed by atoms with Gasteiger partial charge in [-0.2, -0.15) is 12.6 Å². The van der Waals surface area contributed by atoms with E-state index >= 15 is 0 Å². The van der Waals surface area contributed by atoms with E-state index in [1.807, 2.05) is 19.9 Å². The molecule has 0 aliphatic heterocycles. The van der Waals surface area contributed by atoms with Crippen LogP contribution in [0.15, 0.2) is 37.5 Å². The molecule has 0 nitrogen and oxygen atoms in total. The Balaban J connectivity index is -0.000000142. The predicted octanol–water partition coefficient (Wildman–Crippen LogP) is 4.66. The van der Waals surface area contributed by atoms with Crippen LogP contribution in [0, 0.1) is 0 Å². The molecule has 0 heterocycles. The van der Waals surface area contributed by atoms with Crippen molar-refractivity contribution in [2.45, 2.75) is 33.6 Å². The maximum absolute atomic E-state index is 3.80. The highest BCUT2D eigenvalue weighted by Gasteiger charge is 1.79. The van der Waals surface area contributed by atoms with Crippen molar-refractivity contribution in [3.05, 3.63) is 37.5 Å². The minimum atomic E-state index is 0.778. The Bertz CT molecular complexity index is 114. The Labute approximate surface area is 89.9 Å². The summed E-state index contributed by atoms with van der Waals surface area (Å²) in [4.78, 5) is 0. The van der Waals surface area contributed by atoms with E-state index in [1.165, 1.54) is 6.42 Å². The molecule has 0 radical (unpaired) electrons. The zero-order chi connectivity index (χ0) is 11.1. The third-order valence-electron chi connectivity index (χ3n) is 0.989. The molecule has 0 bridgehead atoms. The molecule has 0 N–H and O–H groups in total. The average Bonchev–Trinajstić information content (AvgIpc) is 2.21. The number of rotatable bonds is 4. The first kappa shape index (κ1) is 18.4. The molecule has 0 spiro atoms. The van der Waals surface area contributed by atoms with Crippen LogP contribution in [0.2, 0.25) is 0 Å². The fraction of sp³-hybridized carbons (Fsp3) is 0.500. The van der Waals surface area contributed by atoms with Crippen LogP contribution in [0.3, 0.4) is 0 Å². The number of hydrogen-bond donors (Lipinski definition) is 1. The van der Waals surface area contributed by atoms with Crippen molar-refractivity contribution in [1.29, 1.82) is 0 Å². The van der Waals surface area contributed by atoms with Gasteiger partial charge in [0.25, 0.3) is 0 Å². The third kappa shape index (κ3) is 34.2. The highest BCUT2D eigenvalue weighted by molar-refractivity contribution is 7.80. The lowest BCUT2D eigenvalue weighted by Gasteiger charge is -1.89. The van der Waals surface area contributed by atoms with E-state index in [4.69, 9.17) is 0 Å². The summed E-state index contributed by atoms with van der Waals surface area (Å²) in [5.41, 5.74) is 1.14. The lowest BCUT2D eigenvalue weighted by Crippen LogP contribution is -1.69.